The largest absolute Gasteiger partial charge is 0.189 e. The smallest absolute Gasteiger partial charge is 0.147 e. The van der Waals surface area contributed by atoms with Crippen molar-refractivity contribution < 1.29 is 0 Å². The third kappa shape index (κ3) is 34.5. The van der Waals surface area contributed by atoms with Gasteiger partial charge in [-0.3, -0.25) is 0 Å². The first-order chi connectivity index (χ1) is 2.00. The highest BCUT2D eigenvalue weighted by atomic mass is 80.0. The predicted octanol–water partition coefficient (Wildman–Crippen LogP) is 3.60. The molecule has 6 heavy (non-hydrogen) atoms. The van der Waals surface area contributed by atoms with Crippen molar-refractivity contribution in [2.24, 2.45) is 0 Å². The van der Waals surface area contributed by atoms with Gasteiger partial charge in [-0.25, -0.2) is 0 Å². The fourth-order valence-electron chi connectivity index (χ4n) is 0. The summed E-state index contributed by atoms with van der Waals surface area (Å²) in [6.07, 6.45) is 0. The highest BCUT2D eigenvalue weighted by molar-refractivity contribution is 9.52. The molecule has 5 heteroatoms. The average molecular weight is 368 g/mol. The average Bonchev–Trinajstić information content (AvgIpc) is 0.722. The maximum absolute atomic E-state index is 3.12. The minimum atomic E-state index is -0.250. The second kappa shape index (κ2) is 4.13. The van der Waals surface area contributed by atoms with Gasteiger partial charge in [0.2, 0.25) is 0 Å². The van der Waals surface area contributed by atoms with Crippen LogP contribution in [-0.4, -0.2) is 1.05 Å². The third-order valence-corrected chi connectivity index (χ3v) is 0. The number of hydrogen-bond acceptors (Lipinski definition) is 0. The summed E-state index contributed by atoms with van der Waals surface area (Å²) in [6.45, 7) is 0. The van der Waals surface area contributed by atoms with Crippen molar-refractivity contribution in [2.45, 2.75) is 1.05 Å². The molecule has 0 heterocycles. The summed E-state index contributed by atoms with van der Waals surface area (Å²) in [6, 6.07) is 0. The fraction of sp³-hybridized carbons (Fsp3) is 1.00. The van der Waals surface area contributed by atoms with Gasteiger partial charge in [-0.15, -0.1) is 12.4 Å². The van der Waals surface area contributed by atoms with E-state index in [-0.39, 0.29) is 13.5 Å². The molecule has 0 unspecified atom stereocenters. The minimum Gasteiger partial charge on any atom is -0.147 e. The Morgan fingerprint density at radius 1 is 0.833 bits per heavy atom. The molecule has 0 rings (SSSR count). The summed E-state index contributed by atoms with van der Waals surface area (Å²) < 4.78 is -0.250. The van der Waals surface area contributed by atoms with Crippen molar-refractivity contribution in [3.8, 4) is 0 Å². The summed E-state index contributed by atoms with van der Waals surface area (Å²) in [5.74, 6) is 0. The van der Waals surface area contributed by atoms with Crippen molar-refractivity contribution in [1.29, 1.82) is 0 Å². The van der Waals surface area contributed by atoms with E-state index in [4.69, 9.17) is 0 Å². The molecule has 0 aromatic carbocycles. The molecule has 0 amide bonds. The molecule has 0 aliphatic carbocycles. The van der Waals surface area contributed by atoms with Gasteiger partial charge in [0.1, 0.15) is 0 Å². The lowest BCUT2D eigenvalue weighted by Crippen LogP contribution is -1.75. The lowest BCUT2D eigenvalue weighted by molar-refractivity contribution is 2.14. The van der Waals surface area contributed by atoms with Crippen LogP contribution < -0.4 is 0 Å². The lowest BCUT2D eigenvalue weighted by Gasteiger charge is -1.93. The van der Waals surface area contributed by atoms with Gasteiger partial charge in [-0.05, 0) is 63.7 Å². The molecule has 40 valence electrons. The number of alkyl halides is 4. The van der Waals surface area contributed by atoms with Crippen LogP contribution in [0.4, 0.5) is 0 Å². The fourth-order valence-corrected chi connectivity index (χ4v) is 0. The molecule has 0 bridgehead atoms. The molecule has 0 aliphatic rings. The molecule has 0 saturated carbocycles. The van der Waals surface area contributed by atoms with E-state index in [0.717, 1.165) is 0 Å². The van der Waals surface area contributed by atoms with Gasteiger partial charge in [0.05, 0.1) is 0 Å². The van der Waals surface area contributed by atoms with Crippen LogP contribution in [-0.2, 0) is 0 Å². The molecule has 0 saturated heterocycles. The van der Waals surface area contributed by atoms with Crippen molar-refractivity contribution in [2.75, 3.05) is 0 Å². The molecule has 0 N–H and O–H groups in total. The number of hydrogen-bond donors (Lipinski definition) is 0. The van der Waals surface area contributed by atoms with Crippen LogP contribution in [0.1, 0.15) is 0 Å². The molecule has 0 aromatic heterocycles. The van der Waals surface area contributed by atoms with Crippen LogP contribution in [0.2, 0.25) is 0 Å². The summed E-state index contributed by atoms with van der Waals surface area (Å²) in [5.41, 5.74) is 0. The van der Waals surface area contributed by atoms with Crippen LogP contribution in [0, 0.1) is 0 Å². The van der Waals surface area contributed by atoms with Crippen LogP contribution >= 0.6 is 76.1 Å². The predicted molar refractivity (Wildman–Crippen MR) is 45.7 cm³/mol. The molecular formula is CHBr4Cl. The first-order valence-electron chi connectivity index (χ1n) is 0.756. The molecule has 0 nitrogen and oxygen atoms in total. The van der Waals surface area contributed by atoms with Crippen LogP contribution in [0.15, 0.2) is 0 Å². The van der Waals surface area contributed by atoms with Gasteiger partial charge in [0.25, 0.3) is 0 Å². The van der Waals surface area contributed by atoms with Gasteiger partial charge >= 0.3 is 0 Å². The molecule has 0 aromatic rings. The van der Waals surface area contributed by atoms with E-state index in [1.165, 1.54) is 0 Å². The highest BCUT2D eigenvalue weighted by Crippen LogP contribution is 2.39. The van der Waals surface area contributed by atoms with Crippen LogP contribution in [0.5, 0.6) is 0 Å². The molecule has 0 atom stereocenters. The zero-order chi connectivity index (χ0) is 4.50. The number of rotatable bonds is 0. The van der Waals surface area contributed by atoms with Crippen LogP contribution in [0.3, 0.4) is 0 Å². The van der Waals surface area contributed by atoms with E-state index in [2.05, 4.69) is 63.7 Å². The Bertz CT molecular complexity index is 23.0. The number of halogens is 5. The van der Waals surface area contributed by atoms with Gasteiger partial charge in [-0.1, -0.05) is 0 Å². The van der Waals surface area contributed by atoms with Gasteiger partial charge in [0.15, 0.2) is 1.05 Å². The Labute approximate surface area is 76.4 Å². The zero-order valence-electron chi connectivity index (χ0n) is 2.42. The summed E-state index contributed by atoms with van der Waals surface area (Å²) >= 11 is 12.5. The maximum atomic E-state index is 3.12. The topological polar surface area (TPSA) is 0 Å². The van der Waals surface area contributed by atoms with Crippen molar-refractivity contribution >= 4 is 76.1 Å². The summed E-state index contributed by atoms with van der Waals surface area (Å²) in [5, 5.41) is 0. The van der Waals surface area contributed by atoms with Crippen molar-refractivity contribution in [3.05, 3.63) is 0 Å². The standard InChI is InChI=1S/CBr4.ClH/c2-1(3,4)5;/h;1H. The van der Waals surface area contributed by atoms with E-state index >= 15 is 0 Å². The van der Waals surface area contributed by atoms with E-state index in [1.807, 2.05) is 0 Å². The maximum Gasteiger partial charge on any atom is 0.189 e. The Morgan fingerprint density at radius 2 is 0.833 bits per heavy atom. The van der Waals surface area contributed by atoms with Crippen molar-refractivity contribution in [3.63, 3.8) is 0 Å². The highest BCUT2D eigenvalue weighted by Gasteiger charge is 2.08. The molecule has 0 aliphatic heterocycles. The van der Waals surface area contributed by atoms with Gasteiger partial charge < -0.3 is 0 Å². The molecular weight excluding hydrogens is 367 g/mol. The SMILES string of the molecule is BrC(Br)(Br)Br.Cl. The first-order valence-corrected chi connectivity index (χ1v) is 3.93. The Hall–Kier alpha value is 2.21. The second-order valence-electron chi connectivity index (χ2n) is 0.429. The zero-order valence-corrected chi connectivity index (χ0v) is 9.58. The first kappa shape index (κ1) is 11.1. The minimum absolute atomic E-state index is 0. The van der Waals surface area contributed by atoms with Crippen molar-refractivity contribution in [1.82, 2.24) is 0 Å². The Kier molecular flexibility index (Phi) is 7.61. The third-order valence-electron chi connectivity index (χ3n) is 0. The van der Waals surface area contributed by atoms with E-state index < -0.39 is 0 Å². The van der Waals surface area contributed by atoms with Crippen LogP contribution in [0.25, 0.3) is 0 Å². The van der Waals surface area contributed by atoms with Gasteiger partial charge in [0, 0.05) is 0 Å². The summed E-state index contributed by atoms with van der Waals surface area (Å²) in [4.78, 5) is 0. The Morgan fingerprint density at radius 3 is 0.833 bits per heavy atom. The Balaban J connectivity index is 0. The summed E-state index contributed by atoms with van der Waals surface area (Å²) in [7, 11) is 0. The molecule has 0 radical (unpaired) electrons. The molecule has 0 fully saturated rings. The van der Waals surface area contributed by atoms with E-state index in [1.54, 1.807) is 0 Å². The van der Waals surface area contributed by atoms with E-state index in [0.29, 0.717) is 0 Å². The molecule has 0 spiro atoms. The van der Waals surface area contributed by atoms with E-state index in [9.17, 15) is 0 Å². The van der Waals surface area contributed by atoms with Gasteiger partial charge in [-0.2, -0.15) is 0 Å². The normalized spacial score (nSPS) is 10.0. The monoisotopic (exact) mass is 364 g/mol. The second-order valence-corrected chi connectivity index (χ2v) is 11.6. The lowest BCUT2D eigenvalue weighted by atomic mass is 12.0. The quantitative estimate of drug-likeness (QED) is 0.574.